The predicted octanol–water partition coefficient (Wildman–Crippen LogP) is 4.79. The summed E-state index contributed by atoms with van der Waals surface area (Å²) in [4.78, 5) is 18.5. The minimum atomic E-state index is -0.344. The van der Waals surface area contributed by atoms with E-state index in [9.17, 15) is 4.79 Å². The van der Waals surface area contributed by atoms with Gasteiger partial charge < -0.3 is 10.1 Å². The number of aryl methyl sites for hydroxylation is 1. The first-order valence-corrected chi connectivity index (χ1v) is 11.3. The number of benzene rings is 1. The average molecular weight is 427 g/mol. The molecule has 1 unspecified atom stereocenters. The van der Waals surface area contributed by atoms with Crippen molar-refractivity contribution in [2.45, 2.75) is 37.7 Å². The van der Waals surface area contributed by atoms with Crippen LogP contribution in [0.4, 0.5) is 5.95 Å². The molecular weight excluding hydrogens is 404 g/mol. The number of esters is 1. The van der Waals surface area contributed by atoms with E-state index in [1.54, 1.807) is 23.1 Å². The smallest absolute Gasteiger partial charge is 0.338 e. The van der Waals surface area contributed by atoms with Crippen molar-refractivity contribution in [3.8, 4) is 0 Å². The Bertz CT molecular complexity index is 1060. The highest BCUT2D eigenvalue weighted by atomic mass is 32.2. The number of anilines is 1. The Labute approximate surface area is 178 Å². The topological polar surface area (TPSA) is 69.0 Å². The molecule has 3 heterocycles. The van der Waals surface area contributed by atoms with E-state index in [0.717, 1.165) is 21.9 Å². The van der Waals surface area contributed by atoms with Gasteiger partial charge in [0.25, 0.3) is 0 Å². The van der Waals surface area contributed by atoms with Crippen LogP contribution in [-0.2, 0) is 15.3 Å². The highest BCUT2D eigenvalue weighted by molar-refractivity contribution is 7.98. The third-order valence-corrected chi connectivity index (χ3v) is 6.67. The molecule has 0 amide bonds. The minimum absolute atomic E-state index is 0.324. The van der Waals surface area contributed by atoms with Crippen LogP contribution >= 0.6 is 23.1 Å². The van der Waals surface area contributed by atoms with Crippen LogP contribution in [0.5, 0.6) is 0 Å². The lowest BCUT2D eigenvalue weighted by molar-refractivity contribution is -0.139. The average Bonchev–Trinajstić information content (AvgIpc) is 3.32. The summed E-state index contributed by atoms with van der Waals surface area (Å²) in [6.45, 7) is 6.08. The largest absolute Gasteiger partial charge is 0.463 e. The van der Waals surface area contributed by atoms with Gasteiger partial charge >= 0.3 is 5.97 Å². The Kier molecular flexibility index (Phi) is 5.73. The number of nitrogens with one attached hydrogen (secondary N) is 1. The van der Waals surface area contributed by atoms with Crippen molar-refractivity contribution in [3.05, 3.63) is 69.1 Å². The molecule has 4 rings (SSSR count). The van der Waals surface area contributed by atoms with Crippen molar-refractivity contribution in [2.75, 3.05) is 11.9 Å². The standard InChI is InChI=1S/C21H22N4O2S2/c1-4-27-19(26)16-14(3)22-20-23-21(29-12-15-8-6-5-7-9-15)24-25(20)17(16)18-13(2)10-11-28-18/h5-11,17H,4,12H2,1-3H3,(H,22,23,24). The predicted molar refractivity (Wildman–Crippen MR) is 116 cm³/mol. The fourth-order valence-corrected chi connectivity index (χ4v) is 5.10. The van der Waals surface area contributed by atoms with Gasteiger partial charge in [-0.2, -0.15) is 4.98 Å². The SMILES string of the molecule is CCOC(=O)C1=C(C)Nc2nc(SCc3ccccc3)nn2C1c1sccc1C. The van der Waals surface area contributed by atoms with Crippen molar-refractivity contribution >= 4 is 35.0 Å². The quantitative estimate of drug-likeness (QED) is 0.451. The molecule has 1 aliphatic rings. The summed E-state index contributed by atoms with van der Waals surface area (Å²) in [6.07, 6.45) is 0. The van der Waals surface area contributed by atoms with Crippen LogP contribution in [0.3, 0.4) is 0 Å². The Morgan fingerprint density at radius 3 is 2.76 bits per heavy atom. The highest BCUT2D eigenvalue weighted by Gasteiger charge is 2.36. The van der Waals surface area contributed by atoms with Crippen molar-refractivity contribution < 1.29 is 9.53 Å². The second kappa shape index (κ2) is 8.42. The number of carbonyl (C=O) groups is 1. The number of thioether (sulfide) groups is 1. The van der Waals surface area contributed by atoms with Crippen LogP contribution in [0.1, 0.15) is 35.9 Å². The van der Waals surface area contributed by atoms with E-state index in [4.69, 9.17) is 9.84 Å². The van der Waals surface area contributed by atoms with E-state index in [2.05, 4.69) is 28.5 Å². The molecule has 0 saturated carbocycles. The fourth-order valence-electron chi connectivity index (χ4n) is 3.29. The zero-order valence-corrected chi connectivity index (χ0v) is 18.1. The number of fused-ring (bicyclic) bond motifs is 1. The fraction of sp³-hybridized carbons (Fsp3) is 0.286. The Hall–Kier alpha value is -2.58. The number of nitrogens with zero attached hydrogens (tertiary/aromatic N) is 3. The first-order chi connectivity index (χ1) is 14.1. The van der Waals surface area contributed by atoms with Gasteiger partial charge in [0.1, 0.15) is 6.04 Å². The lowest BCUT2D eigenvalue weighted by Crippen LogP contribution is -2.29. The molecule has 1 aromatic carbocycles. The van der Waals surface area contributed by atoms with Gasteiger partial charge in [-0.05, 0) is 43.3 Å². The van der Waals surface area contributed by atoms with E-state index in [-0.39, 0.29) is 12.0 Å². The highest BCUT2D eigenvalue weighted by Crippen LogP contribution is 2.40. The molecule has 150 valence electrons. The van der Waals surface area contributed by atoms with E-state index >= 15 is 0 Å². The first-order valence-electron chi connectivity index (χ1n) is 9.40. The number of hydrogen-bond donors (Lipinski definition) is 1. The maximum atomic E-state index is 12.8. The zero-order valence-electron chi connectivity index (χ0n) is 16.5. The van der Waals surface area contributed by atoms with Crippen LogP contribution < -0.4 is 5.32 Å². The molecule has 6 nitrogen and oxygen atoms in total. The van der Waals surface area contributed by atoms with Gasteiger partial charge in [-0.1, -0.05) is 42.1 Å². The Morgan fingerprint density at radius 1 is 1.28 bits per heavy atom. The van der Waals surface area contributed by atoms with Gasteiger partial charge in [0.15, 0.2) is 0 Å². The first kappa shape index (κ1) is 19.7. The molecule has 0 radical (unpaired) electrons. The van der Waals surface area contributed by atoms with Gasteiger partial charge in [0.05, 0.1) is 12.2 Å². The summed E-state index contributed by atoms with van der Waals surface area (Å²) in [5, 5.41) is 10.7. The number of aromatic nitrogens is 3. The van der Waals surface area contributed by atoms with Crippen molar-refractivity contribution in [3.63, 3.8) is 0 Å². The van der Waals surface area contributed by atoms with Crippen molar-refractivity contribution in [2.24, 2.45) is 0 Å². The van der Waals surface area contributed by atoms with Gasteiger partial charge in [-0.3, -0.25) is 0 Å². The second-order valence-electron chi connectivity index (χ2n) is 6.69. The molecule has 8 heteroatoms. The summed E-state index contributed by atoms with van der Waals surface area (Å²) < 4.78 is 7.16. The van der Waals surface area contributed by atoms with E-state index in [1.165, 1.54) is 5.56 Å². The number of hydrogen-bond acceptors (Lipinski definition) is 7. The maximum absolute atomic E-state index is 12.8. The zero-order chi connectivity index (χ0) is 20.4. The monoisotopic (exact) mass is 426 g/mol. The molecule has 2 aromatic heterocycles. The molecule has 1 N–H and O–H groups in total. The normalized spacial score (nSPS) is 15.8. The lowest BCUT2D eigenvalue weighted by Gasteiger charge is -2.27. The van der Waals surface area contributed by atoms with E-state index < -0.39 is 0 Å². The van der Waals surface area contributed by atoms with Crippen LogP contribution in [0.25, 0.3) is 0 Å². The van der Waals surface area contributed by atoms with E-state index in [1.807, 2.05) is 49.0 Å². The van der Waals surface area contributed by atoms with Gasteiger partial charge in [-0.25, -0.2) is 9.48 Å². The summed E-state index contributed by atoms with van der Waals surface area (Å²) in [5.41, 5.74) is 3.66. The number of rotatable bonds is 6. The molecule has 1 aliphatic heterocycles. The van der Waals surface area contributed by atoms with Crippen LogP contribution in [0.2, 0.25) is 0 Å². The summed E-state index contributed by atoms with van der Waals surface area (Å²) in [6, 6.07) is 11.9. The second-order valence-corrected chi connectivity index (χ2v) is 8.58. The molecular formula is C21H22N4O2S2. The summed E-state index contributed by atoms with van der Waals surface area (Å²) in [7, 11) is 0. The van der Waals surface area contributed by atoms with Gasteiger partial charge in [0.2, 0.25) is 11.1 Å². The molecule has 0 aliphatic carbocycles. The minimum Gasteiger partial charge on any atom is -0.463 e. The third kappa shape index (κ3) is 3.95. The summed E-state index contributed by atoms with van der Waals surface area (Å²) in [5.74, 6) is 1.10. The lowest BCUT2D eigenvalue weighted by atomic mass is 10.00. The Balaban J connectivity index is 1.70. The number of ether oxygens (including phenoxy) is 1. The van der Waals surface area contributed by atoms with Gasteiger partial charge in [0, 0.05) is 16.3 Å². The Morgan fingerprint density at radius 2 is 2.07 bits per heavy atom. The van der Waals surface area contributed by atoms with Gasteiger partial charge in [-0.15, -0.1) is 16.4 Å². The van der Waals surface area contributed by atoms with Crippen LogP contribution in [0, 0.1) is 6.92 Å². The molecule has 0 spiro atoms. The van der Waals surface area contributed by atoms with Crippen LogP contribution in [-0.4, -0.2) is 27.3 Å². The molecule has 0 saturated heterocycles. The molecule has 29 heavy (non-hydrogen) atoms. The van der Waals surface area contributed by atoms with Crippen molar-refractivity contribution in [1.82, 2.24) is 14.8 Å². The molecule has 0 bridgehead atoms. The number of allylic oxidation sites excluding steroid dienone is 1. The van der Waals surface area contributed by atoms with Crippen molar-refractivity contribution in [1.29, 1.82) is 0 Å². The summed E-state index contributed by atoms with van der Waals surface area (Å²) >= 11 is 3.19. The third-order valence-electron chi connectivity index (χ3n) is 4.69. The molecule has 0 fully saturated rings. The number of thiophene rings is 1. The van der Waals surface area contributed by atoms with E-state index in [0.29, 0.717) is 23.3 Å². The maximum Gasteiger partial charge on any atom is 0.338 e. The van der Waals surface area contributed by atoms with Crippen LogP contribution in [0.15, 0.2) is 58.2 Å². The molecule has 1 atom stereocenters. The number of carbonyl (C=O) groups excluding carboxylic acids is 1. The molecule has 3 aromatic rings.